The van der Waals surface area contributed by atoms with Gasteiger partial charge in [-0.05, 0) is 36.4 Å². The molecule has 0 aliphatic carbocycles. The van der Waals surface area contributed by atoms with E-state index in [1.54, 1.807) is 25.3 Å². The molecule has 0 radical (unpaired) electrons. The standard InChI is InChI=1S/C17H12ClFN2O/c1-22-14-7-5-11(6-8-14)15-10-16(18)21-17(20-15)12-3-2-4-13(19)9-12/h2-10H,1H3. The van der Waals surface area contributed by atoms with E-state index >= 15 is 0 Å². The SMILES string of the molecule is COc1ccc(-c2cc(Cl)nc(-c3cccc(F)c3)n2)cc1. The van der Waals surface area contributed by atoms with E-state index in [2.05, 4.69) is 9.97 Å². The van der Waals surface area contributed by atoms with Crippen molar-refractivity contribution in [2.45, 2.75) is 0 Å². The Bertz CT molecular complexity index is 806. The highest BCUT2D eigenvalue weighted by Gasteiger charge is 2.08. The Balaban J connectivity index is 2.06. The minimum Gasteiger partial charge on any atom is -0.497 e. The van der Waals surface area contributed by atoms with E-state index in [4.69, 9.17) is 16.3 Å². The van der Waals surface area contributed by atoms with Gasteiger partial charge in [0.2, 0.25) is 0 Å². The normalized spacial score (nSPS) is 10.5. The van der Waals surface area contributed by atoms with Crippen LogP contribution in [0, 0.1) is 5.82 Å². The molecule has 0 bridgehead atoms. The summed E-state index contributed by atoms with van der Waals surface area (Å²) in [5, 5.41) is 0.306. The van der Waals surface area contributed by atoms with Gasteiger partial charge in [0.25, 0.3) is 0 Å². The van der Waals surface area contributed by atoms with Crippen molar-refractivity contribution in [2.75, 3.05) is 7.11 Å². The lowest BCUT2D eigenvalue weighted by Gasteiger charge is -2.07. The highest BCUT2D eigenvalue weighted by Crippen LogP contribution is 2.26. The molecule has 1 aromatic heterocycles. The monoisotopic (exact) mass is 314 g/mol. The largest absolute Gasteiger partial charge is 0.497 e. The summed E-state index contributed by atoms with van der Waals surface area (Å²) in [7, 11) is 1.61. The lowest BCUT2D eigenvalue weighted by Crippen LogP contribution is -1.93. The van der Waals surface area contributed by atoms with Crippen molar-refractivity contribution in [1.82, 2.24) is 9.97 Å². The molecule has 3 rings (SSSR count). The van der Waals surface area contributed by atoms with E-state index in [0.717, 1.165) is 11.3 Å². The third-order valence-corrected chi connectivity index (χ3v) is 3.36. The fourth-order valence-electron chi connectivity index (χ4n) is 2.08. The second-order valence-corrected chi connectivity index (χ2v) is 5.03. The van der Waals surface area contributed by atoms with Crippen LogP contribution in [0.3, 0.4) is 0 Å². The van der Waals surface area contributed by atoms with Gasteiger partial charge in [0.15, 0.2) is 5.82 Å². The molecule has 0 fully saturated rings. The van der Waals surface area contributed by atoms with Gasteiger partial charge in [-0.2, -0.15) is 0 Å². The number of nitrogens with zero attached hydrogens (tertiary/aromatic N) is 2. The Morgan fingerprint density at radius 3 is 2.41 bits per heavy atom. The minimum absolute atomic E-state index is 0.306. The smallest absolute Gasteiger partial charge is 0.161 e. The summed E-state index contributed by atoms with van der Waals surface area (Å²) in [5.41, 5.74) is 2.13. The van der Waals surface area contributed by atoms with Gasteiger partial charge in [-0.25, -0.2) is 14.4 Å². The van der Waals surface area contributed by atoms with Gasteiger partial charge in [0.1, 0.15) is 16.7 Å². The van der Waals surface area contributed by atoms with Crippen molar-refractivity contribution in [3.63, 3.8) is 0 Å². The maximum absolute atomic E-state index is 13.4. The first-order valence-corrected chi connectivity index (χ1v) is 6.98. The predicted molar refractivity (Wildman–Crippen MR) is 84.4 cm³/mol. The first-order valence-electron chi connectivity index (χ1n) is 6.60. The Morgan fingerprint density at radius 1 is 0.955 bits per heavy atom. The molecule has 3 aromatic rings. The average molecular weight is 315 g/mol. The molecular weight excluding hydrogens is 303 g/mol. The van der Waals surface area contributed by atoms with Crippen LogP contribution in [-0.2, 0) is 0 Å². The number of rotatable bonds is 3. The lowest BCUT2D eigenvalue weighted by atomic mass is 10.1. The first-order chi connectivity index (χ1) is 10.7. The van der Waals surface area contributed by atoms with Crippen molar-refractivity contribution in [3.8, 4) is 28.4 Å². The zero-order chi connectivity index (χ0) is 15.5. The summed E-state index contributed by atoms with van der Waals surface area (Å²) >= 11 is 6.08. The van der Waals surface area contributed by atoms with Crippen LogP contribution in [0.2, 0.25) is 5.15 Å². The second kappa shape index (κ2) is 6.12. The first kappa shape index (κ1) is 14.5. The van der Waals surface area contributed by atoms with E-state index in [0.29, 0.717) is 22.2 Å². The third-order valence-electron chi connectivity index (χ3n) is 3.16. The number of hydrogen-bond acceptors (Lipinski definition) is 3. The minimum atomic E-state index is -0.341. The van der Waals surface area contributed by atoms with Gasteiger partial charge in [0, 0.05) is 17.2 Å². The predicted octanol–water partition coefficient (Wildman–Crippen LogP) is 4.61. The molecule has 0 saturated heterocycles. The Hall–Kier alpha value is -2.46. The average Bonchev–Trinajstić information content (AvgIpc) is 2.54. The topological polar surface area (TPSA) is 35.0 Å². The Morgan fingerprint density at radius 2 is 1.73 bits per heavy atom. The van der Waals surface area contributed by atoms with Crippen LogP contribution in [0.15, 0.2) is 54.6 Å². The summed E-state index contributed by atoms with van der Waals surface area (Å²) < 4.78 is 18.5. The molecule has 0 aliphatic heterocycles. The van der Waals surface area contributed by atoms with E-state index < -0.39 is 0 Å². The maximum atomic E-state index is 13.4. The Kier molecular flexibility index (Phi) is 4.02. The maximum Gasteiger partial charge on any atom is 0.161 e. The van der Waals surface area contributed by atoms with Gasteiger partial charge >= 0.3 is 0 Å². The molecule has 0 unspecified atom stereocenters. The van der Waals surface area contributed by atoms with Gasteiger partial charge in [-0.3, -0.25) is 0 Å². The highest BCUT2D eigenvalue weighted by atomic mass is 35.5. The number of halogens is 2. The molecule has 1 heterocycles. The zero-order valence-electron chi connectivity index (χ0n) is 11.8. The quantitative estimate of drug-likeness (QED) is 0.662. The fraction of sp³-hybridized carbons (Fsp3) is 0.0588. The molecule has 22 heavy (non-hydrogen) atoms. The van der Waals surface area contributed by atoms with Gasteiger partial charge in [-0.1, -0.05) is 23.7 Å². The number of methoxy groups -OCH3 is 1. The number of ether oxygens (including phenoxy) is 1. The molecule has 0 N–H and O–H groups in total. The third kappa shape index (κ3) is 3.07. The molecule has 5 heteroatoms. The van der Waals surface area contributed by atoms with E-state index in [-0.39, 0.29) is 5.82 Å². The molecule has 0 atom stereocenters. The summed E-state index contributed by atoms with van der Waals surface area (Å²) in [6.45, 7) is 0. The van der Waals surface area contributed by atoms with Crippen molar-refractivity contribution in [3.05, 3.63) is 65.6 Å². The highest BCUT2D eigenvalue weighted by molar-refractivity contribution is 6.29. The van der Waals surface area contributed by atoms with Crippen molar-refractivity contribution >= 4 is 11.6 Å². The molecule has 0 spiro atoms. The van der Waals surface area contributed by atoms with Crippen molar-refractivity contribution in [2.24, 2.45) is 0 Å². The molecule has 110 valence electrons. The molecule has 0 amide bonds. The molecule has 2 aromatic carbocycles. The Labute approximate surface area is 132 Å². The molecule has 0 aliphatic rings. The summed E-state index contributed by atoms with van der Waals surface area (Å²) in [4.78, 5) is 8.64. The van der Waals surface area contributed by atoms with Crippen LogP contribution >= 0.6 is 11.6 Å². The van der Waals surface area contributed by atoms with Gasteiger partial charge < -0.3 is 4.74 Å². The zero-order valence-corrected chi connectivity index (χ0v) is 12.5. The van der Waals surface area contributed by atoms with Crippen LogP contribution in [0.25, 0.3) is 22.6 Å². The lowest BCUT2D eigenvalue weighted by molar-refractivity contribution is 0.415. The van der Waals surface area contributed by atoms with Gasteiger partial charge in [-0.15, -0.1) is 0 Å². The van der Waals surface area contributed by atoms with Crippen LogP contribution in [0.5, 0.6) is 5.75 Å². The molecule has 0 saturated carbocycles. The van der Waals surface area contributed by atoms with E-state index in [1.165, 1.54) is 12.1 Å². The molecule has 3 nitrogen and oxygen atoms in total. The summed E-state index contributed by atoms with van der Waals surface area (Å²) in [6.07, 6.45) is 0. The summed E-state index contributed by atoms with van der Waals surface area (Å²) in [5.74, 6) is 0.805. The number of hydrogen-bond donors (Lipinski definition) is 0. The second-order valence-electron chi connectivity index (χ2n) is 4.64. The fourth-order valence-corrected chi connectivity index (χ4v) is 2.27. The van der Waals surface area contributed by atoms with Crippen molar-refractivity contribution in [1.29, 1.82) is 0 Å². The molecular formula is C17H12ClFN2O. The number of benzene rings is 2. The van der Waals surface area contributed by atoms with Gasteiger partial charge in [0.05, 0.1) is 12.8 Å². The summed E-state index contributed by atoms with van der Waals surface area (Å²) in [6, 6.07) is 15.2. The van der Waals surface area contributed by atoms with Crippen LogP contribution in [0.4, 0.5) is 4.39 Å². The van der Waals surface area contributed by atoms with Crippen molar-refractivity contribution < 1.29 is 9.13 Å². The van der Waals surface area contributed by atoms with Crippen LogP contribution < -0.4 is 4.74 Å². The number of aromatic nitrogens is 2. The van der Waals surface area contributed by atoms with Crippen LogP contribution in [0.1, 0.15) is 0 Å². The van der Waals surface area contributed by atoms with E-state index in [9.17, 15) is 4.39 Å². The van der Waals surface area contributed by atoms with E-state index in [1.807, 2.05) is 24.3 Å². The van der Waals surface area contributed by atoms with Crippen LogP contribution in [-0.4, -0.2) is 17.1 Å².